The zero-order valence-electron chi connectivity index (χ0n) is 13.2. The van der Waals surface area contributed by atoms with Gasteiger partial charge in [-0.05, 0) is 25.5 Å². The number of thiazole rings is 1. The lowest BCUT2D eigenvalue weighted by Gasteiger charge is -2.46. The maximum absolute atomic E-state index is 13.2. The third kappa shape index (κ3) is 2.45. The Bertz CT molecular complexity index is 753. The maximum Gasteiger partial charge on any atom is 0.235 e. The molecule has 1 aromatic heterocycles. The lowest BCUT2D eigenvalue weighted by Crippen LogP contribution is -2.60. The van der Waals surface area contributed by atoms with Gasteiger partial charge in [-0.2, -0.15) is 0 Å². The van der Waals surface area contributed by atoms with E-state index in [-0.39, 0.29) is 18.1 Å². The molecular formula is C17H18ClN3O2S. The summed E-state index contributed by atoms with van der Waals surface area (Å²) in [6, 6.07) is 9.47. The topological polar surface area (TPSA) is 56.7 Å². The van der Waals surface area contributed by atoms with E-state index in [4.69, 9.17) is 11.6 Å². The summed E-state index contributed by atoms with van der Waals surface area (Å²) in [7, 11) is 1.88. The first-order valence-electron chi connectivity index (χ1n) is 7.96. The Morgan fingerprint density at radius 2 is 2.04 bits per heavy atom. The number of hydrogen-bond donors (Lipinski definition) is 1. The first kappa shape index (κ1) is 16.0. The van der Waals surface area contributed by atoms with Crippen LogP contribution in [0, 0.1) is 0 Å². The van der Waals surface area contributed by atoms with Crippen LogP contribution >= 0.6 is 22.9 Å². The van der Waals surface area contributed by atoms with Gasteiger partial charge in [-0.1, -0.05) is 41.9 Å². The summed E-state index contributed by atoms with van der Waals surface area (Å²) in [5, 5.41) is 10.7. The normalized spacial score (nSPS) is 30.6. The molecule has 0 aliphatic carbocycles. The van der Waals surface area contributed by atoms with Crippen molar-refractivity contribution in [2.45, 2.75) is 37.2 Å². The second-order valence-electron chi connectivity index (χ2n) is 6.30. The van der Waals surface area contributed by atoms with Gasteiger partial charge in [0.25, 0.3) is 0 Å². The molecule has 2 aliphatic heterocycles. The summed E-state index contributed by atoms with van der Waals surface area (Å²) in [6.07, 6.45) is 2.55. The predicted octanol–water partition coefficient (Wildman–Crippen LogP) is 2.83. The molecule has 3 heterocycles. The minimum Gasteiger partial charge on any atom is -0.377 e. The number of carbonyl (C=O) groups is 1. The zero-order chi connectivity index (χ0) is 16.8. The summed E-state index contributed by atoms with van der Waals surface area (Å²) in [5.41, 5.74) is 0.841. The van der Waals surface area contributed by atoms with Gasteiger partial charge < -0.3 is 10.0 Å². The minimum atomic E-state index is -0.815. The molecule has 1 aromatic carbocycles. The summed E-state index contributed by atoms with van der Waals surface area (Å²) in [5.74, 6) is -0.597. The van der Waals surface area contributed by atoms with Gasteiger partial charge in [-0.3, -0.25) is 9.69 Å². The minimum absolute atomic E-state index is 0.0198. The predicted molar refractivity (Wildman–Crippen MR) is 92.7 cm³/mol. The molecule has 126 valence electrons. The fourth-order valence-corrected chi connectivity index (χ4v) is 4.95. The van der Waals surface area contributed by atoms with Crippen LogP contribution in [0.5, 0.6) is 0 Å². The second kappa shape index (κ2) is 6.11. The molecule has 7 heteroatoms. The van der Waals surface area contributed by atoms with Gasteiger partial charge >= 0.3 is 0 Å². The fraction of sp³-hybridized carbons (Fsp3) is 0.412. The Balaban J connectivity index is 1.72. The number of carbonyl (C=O) groups excluding carboxylic acids is 1. The number of aliphatic hydroxyl groups is 1. The third-order valence-electron chi connectivity index (χ3n) is 5.04. The van der Waals surface area contributed by atoms with E-state index >= 15 is 0 Å². The van der Waals surface area contributed by atoms with Crippen molar-refractivity contribution in [3.05, 3.63) is 51.4 Å². The Labute approximate surface area is 149 Å². The number of rotatable bonds is 2. The number of hydrogen-bond acceptors (Lipinski definition) is 5. The van der Waals surface area contributed by atoms with Crippen LogP contribution < -0.4 is 0 Å². The quantitative estimate of drug-likeness (QED) is 0.891. The van der Waals surface area contributed by atoms with Gasteiger partial charge in [-0.25, -0.2) is 4.98 Å². The van der Waals surface area contributed by atoms with Gasteiger partial charge in [0.15, 0.2) is 4.47 Å². The first-order chi connectivity index (χ1) is 11.6. The zero-order valence-corrected chi connectivity index (χ0v) is 14.7. The molecule has 1 amide bonds. The van der Waals surface area contributed by atoms with E-state index in [1.54, 1.807) is 6.20 Å². The molecule has 2 aliphatic rings. The number of benzene rings is 1. The number of fused-ring (bicyclic) bond motifs is 1. The average Bonchev–Trinajstić information content (AvgIpc) is 3.20. The molecule has 0 spiro atoms. The van der Waals surface area contributed by atoms with Crippen molar-refractivity contribution in [1.82, 2.24) is 14.8 Å². The highest BCUT2D eigenvalue weighted by molar-refractivity contribution is 7.15. The number of halogens is 1. The number of nitrogens with zero attached hydrogens (tertiary/aromatic N) is 3. The van der Waals surface area contributed by atoms with Crippen molar-refractivity contribution in [3.8, 4) is 0 Å². The molecule has 4 unspecified atom stereocenters. The van der Waals surface area contributed by atoms with Crippen LogP contribution in [0.4, 0.5) is 0 Å². The summed E-state index contributed by atoms with van der Waals surface area (Å²) in [4.78, 5) is 22.2. The van der Waals surface area contributed by atoms with Crippen LogP contribution in [0.25, 0.3) is 0 Å². The van der Waals surface area contributed by atoms with Crippen molar-refractivity contribution in [2.24, 2.45) is 0 Å². The number of amides is 1. The van der Waals surface area contributed by atoms with Crippen molar-refractivity contribution in [3.63, 3.8) is 0 Å². The largest absolute Gasteiger partial charge is 0.377 e. The lowest BCUT2D eigenvalue weighted by atomic mass is 9.92. The van der Waals surface area contributed by atoms with Gasteiger partial charge in [0.1, 0.15) is 12.1 Å². The van der Waals surface area contributed by atoms with E-state index in [1.165, 1.54) is 11.3 Å². The van der Waals surface area contributed by atoms with E-state index in [1.807, 2.05) is 47.2 Å². The van der Waals surface area contributed by atoms with E-state index in [9.17, 15) is 9.90 Å². The van der Waals surface area contributed by atoms with Crippen molar-refractivity contribution in [2.75, 3.05) is 7.05 Å². The van der Waals surface area contributed by atoms with Crippen molar-refractivity contribution >= 4 is 28.8 Å². The molecule has 4 rings (SSSR count). The van der Waals surface area contributed by atoms with E-state index in [0.717, 1.165) is 23.3 Å². The highest BCUT2D eigenvalue weighted by atomic mass is 35.5. The monoisotopic (exact) mass is 363 g/mol. The summed E-state index contributed by atoms with van der Waals surface area (Å²) in [6.45, 7) is 0. The Morgan fingerprint density at radius 3 is 2.71 bits per heavy atom. The molecule has 24 heavy (non-hydrogen) atoms. The Morgan fingerprint density at radius 1 is 1.29 bits per heavy atom. The van der Waals surface area contributed by atoms with Crippen LogP contribution in [-0.4, -0.2) is 45.2 Å². The molecule has 0 bridgehead atoms. The number of aliphatic hydroxyl groups excluding tert-OH is 1. The Kier molecular flexibility index (Phi) is 4.08. The van der Waals surface area contributed by atoms with Crippen LogP contribution in [0.3, 0.4) is 0 Å². The molecule has 2 fully saturated rings. The number of likely N-dealkylation sites (N-methyl/N-ethyl adjacent to an activating group) is 1. The SMILES string of the molecule is CN1C(O)C(c2ccccc2)C(=O)N2C(c3cnc(Cl)s3)CCC12. The highest BCUT2D eigenvalue weighted by Gasteiger charge is 2.51. The maximum atomic E-state index is 13.2. The molecule has 0 saturated carbocycles. The van der Waals surface area contributed by atoms with E-state index < -0.39 is 12.1 Å². The summed E-state index contributed by atoms with van der Waals surface area (Å²) < 4.78 is 0.492. The van der Waals surface area contributed by atoms with E-state index in [2.05, 4.69) is 4.98 Å². The molecule has 4 atom stereocenters. The highest BCUT2D eigenvalue weighted by Crippen LogP contribution is 2.45. The molecule has 1 N–H and O–H groups in total. The van der Waals surface area contributed by atoms with Gasteiger partial charge in [0.2, 0.25) is 5.91 Å². The summed E-state index contributed by atoms with van der Waals surface area (Å²) >= 11 is 7.40. The number of aromatic nitrogens is 1. The molecule has 5 nitrogen and oxygen atoms in total. The van der Waals surface area contributed by atoms with Gasteiger partial charge in [0.05, 0.1) is 12.2 Å². The Hall–Kier alpha value is -1.47. The smallest absolute Gasteiger partial charge is 0.235 e. The second-order valence-corrected chi connectivity index (χ2v) is 7.95. The van der Waals surface area contributed by atoms with Crippen LogP contribution in [0.1, 0.15) is 35.2 Å². The van der Waals surface area contributed by atoms with Crippen LogP contribution in [0.15, 0.2) is 36.5 Å². The molecule has 2 saturated heterocycles. The van der Waals surface area contributed by atoms with Crippen LogP contribution in [0.2, 0.25) is 4.47 Å². The fourth-order valence-electron chi connectivity index (χ4n) is 3.87. The standard InChI is InChI=1S/C17H18ClN3O2S/c1-20-13-8-7-11(12-9-19-17(18)24-12)21(13)16(23)14(15(20)22)10-5-3-2-4-6-10/h2-6,9,11,13-15,22H,7-8H2,1H3. The lowest BCUT2D eigenvalue weighted by molar-refractivity contribution is -0.165. The first-order valence-corrected chi connectivity index (χ1v) is 9.15. The van der Waals surface area contributed by atoms with E-state index in [0.29, 0.717) is 4.47 Å². The van der Waals surface area contributed by atoms with Gasteiger partial charge in [-0.15, -0.1) is 11.3 Å². The van der Waals surface area contributed by atoms with Crippen molar-refractivity contribution < 1.29 is 9.90 Å². The van der Waals surface area contributed by atoms with Crippen molar-refractivity contribution in [1.29, 1.82) is 0 Å². The molecule has 0 radical (unpaired) electrons. The average molecular weight is 364 g/mol. The molecule has 2 aromatic rings. The van der Waals surface area contributed by atoms with Gasteiger partial charge in [0, 0.05) is 11.1 Å². The molecular weight excluding hydrogens is 346 g/mol. The van der Waals surface area contributed by atoms with Crippen LogP contribution in [-0.2, 0) is 4.79 Å². The third-order valence-corrected chi connectivity index (χ3v) is 6.26.